The number of alkyl halides is 3. The fourth-order valence-corrected chi connectivity index (χ4v) is 2.10. The Balaban J connectivity index is 3.19. The topological polar surface area (TPSA) is 38.5 Å². The fraction of sp³-hybridized carbons (Fsp3) is 0.571. The molecule has 1 aromatic carbocycles. The summed E-state index contributed by atoms with van der Waals surface area (Å²) in [5, 5.41) is 0. The molecule has 0 aliphatic carbocycles. The molecule has 114 valence electrons. The van der Waals surface area contributed by atoms with E-state index in [4.69, 9.17) is 5.73 Å². The molecule has 0 saturated carbocycles. The molecule has 1 rings (SSSR count). The van der Waals surface area contributed by atoms with Crippen LogP contribution in [0.3, 0.4) is 0 Å². The summed E-state index contributed by atoms with van der Waals surface area (Å²) in [4.78, 5) is 1.92. The van der Waals surface area contributed by atoms with Gasteiger partial charge >= 0.3 is 6.36 Å². The lowest BCUT2D eigenvalue weighted by molar-refractivity contribution is -0.275. The standard InChI is InChI=1S/C14H21F3N2O/c1-5-13(2,19(3)4)12(18)10-8-6-7-9-11(10)20-14(15,16)17/h6-9,12H,5,18H2,1-4H3. The minimum atomic E-state index is -4.73. The Labute approximate surface area is 117 Å². The van der Waals surface area contributed by atoms with Crippen molar-refractivity contribution >= 4 is 0 Å². The molecular weight excluding hydrogens is 269 g/mol. The van der Waals surface area contributed by atoms with E-state index in [2.05, 4.69) is 4.74 Å². The summed E-state index contributed by atoms with van der Waals surface area (Å²) in [6.45, 7) is 3.87. The molecule has 0 heterocycles. The van der Waals surface area contributed by atoms with Gasteiger partial charge in [0.05, 0.1) is 6.04 Å². The van der Waals surface area contributed by atoms with Crippen molar-refractivity contribution in [2.75, 3.05) is 14.1 Å². The predicted molar refractivity (Wildman–Crippen MR) is 72.4 cm³/mol. The van der Waals surface area contributed by atoms with Crippen LogP contribution in [0.1, 0.15) is 31.9 Å². The van der Waals surface area contributed by atoms with Gasteiger partial charge < -0.3 is 15.4 Å². The second-order valence-corrected chi connectivity index (χ2v) is 5.17. The third kappa shape index (κ3) is 3.64. The predicted octanol–water partition coefficient (Wildman–Crippen LogP) is 3.32. The first-order chi connectivity index (χ1) is 9.12. The first-order valence-electron chi connectivity index (χ1n) is 6.39. The Hall–Kier alpha value is -1.27. The Morgan fingerprint density at radius 1 is 1.25 bits per heavy atom. The van der Waals surface area contributed by atoms with Gasteiger partial charge in [0.2, 0.25) is 0 Å². The highest BCUT2D eigenvalue weighted by Gasteiger charge is 2.37. The van der Waals surface area contributed by atoms with E-state index in [9.17, 15) is 13.2 Å². The highest BCUT2D eigenvalue weighted by atomic mass is 19.4. The molecule has 1 aromatic rings. The van der Waals surface area contributed by atoms with E-state index < -0.39 is 17.9 Å². The normalized spacial score (nSPS) is 16.9. The van der Waals surface area contributed by atoms with Crippen molar-refractivity contribution in [3.8, 4) is 5.75 Å². The minimum absolute atomic E-state index is 0.242. The van der Waals surface area contributed by atoms with Crippen LogP contribution >= 0.6 is 0 Å². The van der Waals surface area contributed by atoms with Gasteiger partial charge in [-0.05, 0) is 33.5 Å². The van der Waals surface area contributed by atoms with Crippen LogP contribution in [-0.4, -0.2) is 30.9 Å². The molecule has 0 radical (unpaired) electrons. The summed E-state index contributed by atoms with van der Waals surface area (Å²) in [5.41, 5.74) is 6.10. The molecule has 6 heteroatoms. The first-order valence-corrected chi connectivity index (χ1v) is 6.39. The van der Waals surface area contributed by atoms with E-state index >= 15 is 0 Å². The summed E-state index contributed by atoms with van der Waals surface area (Å²) in [5.74, 6) is -0.242. The van der Waals surface area contributed by atoms with Crippen molar-refractivity contribution in [3.05, 3.63) is 29.8 Å². The summed E-state index contributed by atoms with van der Waals surface area (Å²) >= 11 is 0. The molecule has 3 nitrogen and oxygen atoms in total. The number of hydrogen-bond donors (Lipinski definition) is 1. The monoisotopic (exact) mass is 290 g/mol. The summed E-state index contributed by atoms with van der Waals surface area (Å²) in [6.07, 6.45) is -4.03. The van der Waals surface area contributed by atoms with Gasteiger partial charge in [0.1, 0.15) is 5.75 Å². The molecule has 0 aliphatic heterocycles. The Bertz CT molecular complexity index is 448. The van der Waals surface area contributed by atoms with Gasteiger partial charge in [-0.1, -0.05) is 25.1 Å². The Morgan fingerprint density at radius 3 is 2.25 bits per heavy atom. The van der Waals surface area contributed by atoms with E-state index in [0.29, 0.717) is 12.0 Å². The summed E-state index contributed by atoms with van der Waals surface area (Å²) in [7, 11) is 3.72. The van der Waals surface area contributed by atoms with Gasteiger partial charge in [-0.3, -0.25) is 0 Å². The number of nitrogens with zero attached hydrogens (tertiary/aromatic N) is 1. The van der Waals surface area contributed by atoms with Crippen LogP contribution in [0.2, 0.25) is 0 Å². The third-order valence-corrected chi connectivity index (χ3v) is 3.89. The van der Waals surface area contributed by atoms with Gasteiger partial charge in [0, 0.05) is 11.1 Å². The van der Waals surface area contributed by atoms with E-state index in [0.717, 1.165) is 0 Å². The molecule has 0 saturated heterocycles. The molecule has 0 aromatic heterocycles. The lowest BCUT2D eigenvalue weighted by Gasteiger charge is -2.41. The molecule has 0 fully saturated rings. The second kappa shape index (κ2) is 6.01. The average molecular weight is 290 g/mol. The fourth-order valence-electron chi connectivity index (χ4n) is 2.10. The molecule has 0 aliphatic rings. The van der Waals surface area contributed by atoms with Crippen LogP contribution in [0.25, 0.3) is 0 Å². The number of benzene rings is 1. The Morgan fingerprint density at radius 2 is 1.80 bits per heavy atom. The van der Waals surface area contributed by atoms with Crippen molar-refractivity contribution in [3.63, 3.8) is 0 Å². The van der Waals surface area contributed by atoms with Gasteiger partial charge in [-0.2, -0.15) is 0 Å². The maximum Gasteiger partial charge on any atom is 0.573 e. The first kappa shape index (κ1) is 16.8. The number of halogens is 3. The molecule has 2 atom stereocenters. The van der Waals surface area contributed by atoms with Crippen LogP contribution in [0, 0.1) is 0 Å². The summed E-state index contributed by atoms with van der Waals surface area (Å²) in [6, 6.07) is 5.42. The van der Waals surface area contributed by atoms with Gasteiger partial charge in [-0.15, -0.1) is 13.2 Å². The van der Waals surface area contributed by atoms with Crippen LogP contribution in [0.15, 0.2) is 24.3 Å². The van der Waals surface area contributed by atoms with Crippen molar-refractivity contribution in [2.24, 2.45) is 5.73 Å². The maximum absolute atomic E-state index is 12.4. The number of ether oxygens (including phenoxy) is 1. The summed E-state index contributed by atoms with van der Waals surface area (Å²) < 4.78 is 41.4. The number of nitrogens with two attached hydrogens (primary N) is 1. The van der Waals surface area contributed by atoms with E-state index in [1.807, 2.05) is 32.8 Å². The SMILES string of the molecule is CCC(C)(C(N)c1ccccc1OC(F)(F)F)N(C)C. The second-order valence-electron chi connectivity index (χ2n) is 5.17. The molecule has 20 heavy (non-hydrogen) atoms. The number of rotatable bonds is 5. The maximum atomic E-state index is 12.4. The third-order valence-electron chi connectivity index (χ3n) is 3.89. The smallest absolute Gasteiger partial charge is 0.405 e. The van der Waals surface area contributed by atoms with Crippen molar-refractivity contribution < 1.29 is 17.9 Å². The molecular formula is C14H21F3N2O. The zero-order valence-corrected chi connectivity index (χ0v) is 12.2. The van der Waals surface area contributed by atoms with Crippen LogP contribution in [0.4, 0.5) is 13.2 Å². The van der Waals surface area contributed by atoms with Gasteiger partial charge in [0.25, 0.3) is 0 Å². The minimum Gasteiger partial charge on any atom is -0.405 e. The molecule has 2 unspecified atom stereocenters. The Kier molecular flexibility index (Phi) is 5.05. The quantitative estimate of drug-likeness (QED) is 0.904. The number of para-hydroxylation sites is 1. The van der Waals surface area contributed by atoms with Crippen LogP contribution in [-0.2, 0) is 0 Å². The zero-order valence-electron chi connectivity index (χ0n) is 12.2. The van der Waals surface area contributed by atoms with Crippen LogP contribution in [0.5, 0.6) is 5.75 Å². The molecule has 0 bridgehead atoms. The van der Waals surface area contributed by atoms with Gasteiger partial charge in [0.15, 0.2) is 0 Å². The lowest BCUT2D eigenvalue weighted by atomic mass is 9.84. The molecule has 0 spiro atoms. The van der Waals surface area contributed by atoms with Gasteiger partial charge in [-0.25, -0.2) is 0 Å². The zero-order chi connectivity index (χ0) is 15.6. The van der Waals surface area contributed by atoms with E-state index in [1.54, 1.807) is 12.1 Å². The van der Waals surface area contributed by atoms with Crippen molar-refractivity contribution in [1.29, 1.82) is 0 Å². The van der Waals surface area contributed by atoms with E-state index in [1.165, 1.54) is 12.1 Å². The molecule has 2 N–H and O–H groups in total. The molecule has 0 amide bonds. The number of likely N-dealkylation sites (N-methyl/N-ethyl adjacent to an activating group) is 1. The van der Waals surface area contributed by atoms with Crippen LogP contribution < -0.4 is 10.5 Å². The van der Waals surface area contributed by atoms with E-state index in [-0.39, 0.29) is 5.75 Å². The highest BCUT2D eigenvalue weighted by molar-refractivity contribution is 5.37. The number of hydrogen-bond acceptors (Lipinski definition) is 3. The largest absolute Gasteiger partial charge is 0.573 e. The highest BCUT2D eigenvalue weighted by Crippen LogP contribution is 2.37. The van der Waals surface area contributed by atoms with Crippen molar-refractivity contribution in [1.82, 2.24) is 4.90 Å². The lowest BCUT2D eigenvalue weighted by Crippen LogP contribution is -2.49. The average Bonchev–Trinajstić information content (AvgIpc) is 2.35. The van der Waals surface area contributed by atoms with Crippen molar-refractivity contribution in [2.45, 2.75) is 38.2 Å².